The summed E-state index contributed by atoms with van der Waals surface area (Å²) < 4.78 is 92.7. The molecule has 0 bridgehead atoms. The zero-order chi connectivity index (χ0) is 41.0. The lowest BCUT2D eigenvalue weighted by Gasteiger charge is -2.18. The third-order valence-corrected chi connectivity index (χ3v) is 9.35. The summed E-state index contributed by atoms with van der Waals surface area (Å²) in [5.74, 6) is 0. The molecule has 0 unspecified atom stereocenters. The van der Waals surface area contributed by atoms with Crippen LogP contribution in [0, 0.1) is 0 Å². The molecule has 0 atom stereocenters. The Morgan fingerprint density at radius 2 is 0.898 bits per heavy atom. The maximum atomic E-state index is 9.08. The van der Waals surface area contributed by atoms with Gasteiger partial charge in [0.25, 0.3) is 0 Å². The Hall–Kier alpha value is -6.44. The quantitative estimate of drug-likeness (QED) is 0.176. The highest BCUT2D eigenvalue weighted by Crippen LogP contribution is 2.45. The monoisotopic (exact) mass is 632 g/mol. The molecule has 1 nitrogen and oxygen atoms in total. The Morgan fingerprint density at radius 3 is 1.59 bits per heavy atom. The largest absolute Gasteiger partial charge is 0.455 e. The predicted molar refractivity (Wildman–Crippen MR) is 208 cm³/mol. The summed E-state index contributed by atoms with van der Waals surface area (Å²) in [7, 11) is 0. The molecular formula is C48H30O. The molecule has 0 saturated heterocycles. The molecule has 0 N–H and O–H groups in total. The van der Waals surface area contributed by atoms with Crippen molar-refractivity contribution >= 4 is 54.3 Å². The highest BCUT2D eigenvalue weighted by molar-refractivity contribution is 6.22. The van der Waals surface area contributed by atoms with E-state index in [0.717, 1.165) is 49.0 Å². The van der Waals surface area contributed by atoms with Crippen molar-refractivity contribution in [2.24, 2.45) is 0 Å². The molecule has 0 spiro atoms. The first kappa shape index (κ1) is 19.4. The van der Waals surface area contributed by atoms with Crippen LogP contribution in [0.25, 0.3) is 98.8 Å². The van der Waals surface area contributed by atoms with Gasteiger partial charge in [0.2, 0.25) is 0 Å². The van der Waals surface area contributed by atoms with Gasteiger partial charge in [-0.05, 0) is 77.8 Å². The van der Waals surface area contributed by atoms with Gasteiger partial charge in [-0.3, -0.25) is 0 Å². The van der Waals surface area contributed by atoms with Crippen molar-refractivity contribution < 1.29 is 18.1 Å². The summed E-state index contributed by atoms with van der Waals surface area (Å²) >= 11 is 0. The van der Waals surface area contributed by atoms with E-state index in [2.05, 4.69) is 84.9 Å². The Kier molecular flexibility index (Phi) is 4.39. The maximum absolute atomic E-state index is 9.08. The molecule has 10 aromatic rings. The lowest BCUT2D eigenvalue weighted by Crippen LogP contribution is -1.90. The minimum atomic E-state index is -0.612. The molecule has 0 aliphatic rings. The van der Waals surface area contributed by atoms with E-state index in [1.807, 2.05) is 30.3 Å². The lowest BCUT2D eigenvalue weighted by molar-refractivity contribution is 0.671. The van der Waals surface area contributed by atoms with E-state index < -0.39 is 42.3 Å². The first-order chi connectivity index (χ1) is 28.5. The first-order valence-electron chi connectivity index (χ1n) is 21.0. The van der Waals surface area contributed by atoms with Crippen molar-refractivity contribution in [1.82, 2.24) is 0 Å². The third-order valence-electron chi connectivity index (χ3n) is 9.35. The van der Waals surface area contributed by atoms with Crippen LogP contribution in [0.2, 0.25) is 0 Å². The van der Waals surface area contributed by atoms with Crippen LogP contribution in [0.5, 0.6) is 0 Å². The first-order valence-corrected chi connectivity index (χ1v) is 16.0. The second-order valence-corrected chi connectivity index (χ2v) is 12.1. The van der Waals surface area contributed by atoms with Crippen molar-refractivity contribution in [2.75, 3.05) is 0 Å². The molecule has 228 valence electrons. The molecule has 1 heterocycles. The number of para-hydroxylation sites is 2. The smallest absolute Gasteiger partial charge is 0.143 e. The van der Waals surface area contributed by atoms with Crippen molar-refractivity contribution in [3.63, 3.8) is 0 Å². The van der Waals surface area contributed by atoms with Gasteiger partial charge in [0.05, 0.1) is 13.7 Å². The fourth-order valence-electron chi connectivity index (χ4n) is 7.18. The Labute approximate surface area is 298 Å². The Balaban J connectivity index is 1.19. The highest BCUT2D eigenvalue weighted by atomic mass is 16.3. The van der Waals surface area contributed by atoms with Crippen LogP contribution in [0.3, 0.4) is 0 Å². The SMILES string of the molecule is [2H]c1cc2c(oc3c(-c4c([2H])c([2H])c([2H])c([2H])c4[2H])c([2H])c([2H])c([2H])c32)c(-c2ccc3cc(-c4c5ccccc5c(-c5ccccc5)c5ccccc45)ccc3c2)c1[2H]. The van der Waals surface area contributed by atoms with Gasteiger partial charge in [0.15, 0.2) is 0 Å². The average molecular weight is 633 g/mol. The zero-order valence-corrected chi connectivity index (χ0v) is 26.0. The molecule has 49 heavy (non-hydrogen) atoms. The van der Waals surface area contributed by atoms with Crippen LogP contribution < -0.4 is 0 Å². The van der Waals surface area contributed by atoms with Crippen LogP contribution in [-0.2, 0) is 0 Å². The van der Waals surface area contributed by atoms with Gasteiger partial charge in [-0.25, -0.2) is 0 Å². The molecule has 0 aliphatic carbocycles. The average Bonchev–Trinajstić information content (AvgIpc) is 3.62. The normalized spacial score (nSPS) is 14.5. The number of benzene rings is 9. The molecule has 9 aromatic carbocycles. The summed E-state index contributed by atoms with van der Waals surface area (Å²) in [6.07, 6.45) is 0. The predicted octanol–water partition coefficient (Wildman–Crippen LogP) is 13.7. The minimum Gasteiger partial charge on any atom is -0.455 e. The van der Waals surface area contributed by atoms with Crippen LogP contribution in [-0.4, -0.2) is 0 Å². The van der Waals surface area contributed by atoms with E-state index in [1.54, 1.807) is 0 Å². The number of furan rings is 1. The molecule has 0 saturated carbocycles. The third kappa shape index (κ3) is 4.40. The summed E-state index contributed by atoms with van der Waals surface area (Å²) in [6.45, 7) is 0. The van der Waals surface area contributed by atoms with Crippen molar-refractivity contribution in [1.29, 1.82) is 0 Å². The van der Waals surface area contributed by atoms with Crippen LogP contribution in [0.1, 0.15) is 13.7 Å². The maximum Gasteiger partial charge on any atom is 0.143 e. The number of hydrogen-bond acceptors (Lipinski definition) is 1. The van der Waals surface area contributed by atoms with Crippen molar-refractivity contribution in [3.05, 3.63) is 182 Å². The standard InChI is InChI=1S/C48H30O/c1-3-13-31(14-4-1)37-21-11-23-43-44-24-12-22-38(48(44)49-47(37)43)35-27-25-34-30-36(28-26-33(34)29-35)46-41-19-9-7-17-39(41)45(32-15-5-2-6-16-32)40-18-8-10-20-42(40)46/h1-30H/i1D,3D,4D,11D,12D,13D,14D,21D,22D,23D. The topological polar surface area (TPSA) is 13.1 Å². The lowest BCUT2D eigenvalue weighted by atomic mass is 9.85. The number of rotatable bonds is 4. The number of fused-ring (bicyclic) bond motifs is 6. The minimum absolute atomic E-state index is 0.0562. The number of hydrogen-bond donors (Lipinski definition) is 0. The van der Waals surface area contributed by atoms with Gasteiger partial charge >= 0.3 is 0 Å². The second-order valence-electron chi connectivity index (χ2n) is 12.1. The Bertz CT molecular complexity index is 3360. The molecule has 0 fully saturated rings. The molecule has 0 radical (unpaired) electrons. The molecule has 0 aliphatic heterocycles. The molecule has 10 rings (SSSR count). The van der Waals surface area contributed by atoms with Gasteiger partial charge in [0.1, 0.15) is 11.2 Å². The summed E-state index contributed by atoms with van der Waals surface area (Å²) in [4.78, 5) is 0. The van der Waals surface area contributed by atoms with Gasteiger partial charge in [-0.2, -0.15) is 0 Å². The van der Waals surface area contributed by atoms with E-state index >= 15 is 0 Å². The van der Waals surface area contributed by atoms with Gasteiger partial charge in [-0.1, -0.05) is 170 Å². The molecule has 1 aromatic heterocycles. The summed E-state index contributed by atoms with van der Waals surface area (Å²) in [5.41, 5.74) is 4.75. The fraction of sp³-hybridized carbons (Fsp3) is 0. The molecular weight excluding hydrogens is 593 g/mol. The molecule has 1 heteroatoms. The highest BCUT2D eigenvalue weighted by Gasteiger charge is 2.18. The summed E-state index contributed by atoms with van der Waals surface area (Å²) in [5, 5.41) is 6.66. The van der Waals surface area contributed by atoms with Crippen molar-refractivity contribution in [3.8, 4) is 44.5 Å². The van der Waals surface area contributed by atoms with E-state index in [4.69, 9.17) is 18.1 Å². The van der Waals surface area contributed by atoms with Crippen molar-refractivity contribution in [2.45, 2.75) is 0 Å². The molecule has 0 amide bonds. The van der Waals surface area contributed by atoms with E-state index in [9.17, 15) is 0 Å². The van der Waals surface area contributed by atoms with E-state index in [-0.39, 0.29) is 56.8 Å². The zero-order valence-electron chi connectivity index (χ0n) is 36.0. The summed E-state index contributed by atoms with van der Waals surface area (Å²) in [6, 6.07) is 36.0. The second kappa shape index (κ2) is 11.1. The van der Waals surface area contributed by atoms with Gasteiger partial charge in [0, 0.05) is 21.9 Å². The van der Waals surface area contributed by atoms with Gasteiger partial charge < -0.3 is 4.42 Å². The fourth-order valence-corrected chi connectivity index (χ4v) is 7.18. The van der Waals surface area contributed by atoms with Gasteiger partial charge in [-0.15, -0.1) is 0 Å². The van der Waals surface area contributed by atoms with Crippen LogP contribution in [0.15, 0.2) is 186 Å². The van der Waals surface area contributed by atoms with E-state index in [1.165, 1.54) is 11.6 Å². The van der Waals surface area contributed by atoms with Crippen LogP contribution >= 0.6 is 0 Å². The Morgan fingerprint density at radius 1 is 0.347 bits per heavy atom. The van der Waals surface area contributed by atoms with E-state index in [0.29, 0.717) is 5.56 Å². The van der Waals surface area contributed by atoms with Crippen LogP contribution in [0.4, 0.5) is 0 Å².